The fraction of sp³-hybridized carbons (Fsp3) is 0.462. The number of pyridine rings is 1. The Hall–Kier alpha value is -1.46. The lowest BCUT2D eigenvalue weighted by Crippen LogP contribution is -2.44. The third-order valence-electron chi connectivity index (χ3n) is 3.54. The van der Waals surface area contributed by atoms with Crippen LogP contribution in [0.25, 0.3) is 0 Å². The van der Waals surface area contributed by atoms with E-state index in [9.17, 15) is 0 Å². The number of rotatable bonds is 4. The largest absolute Gasteiger partial charge is 0.339 e. The van der Waals surface area contributed by atoms with Gasteiger partial charge in [0.2, 0.25) is 5.89 Å². The fourth-order valence-electron chi connectivity index (χ4n) is 2.14. The SMILES string of the molecule is Cl.NC1(c2noc(CCc3ccncc3)n2)CCC1. The van der Waals surface area contributed by atoms with Gasteiger partial charge in [-0.05, 0) is 43.4 Å². The Labute approximate surface area is 118 Å². The van der Waals surface area contributed by atoms with Crippen LogP contribution < -0.4 is 5.73 Å². The molecule has 0 radical (unpaired) electrons. The summed E-state index contributed by atoms with van der Waals surface area (Å²) in [6.07, 6.45) is 8.26. The van der Waals surface area contributed by atoms with Crippen LogP contribution in [0.4, 0.5) is 0 Å². The van der Waals surface area contributed by atoms with Crippen molar-refractivity contribution in [3.05, 3.63) is 41.8 Å². The van der Waals surface area contributed by atoms with Crippen LogP contribution >= 0.6 is 12.4 Å². The van der Waals surface area contributed by atoms with Crippen molar-refractivity contribution in [3.63, 3.8) is 0 Å². The molecular formula is C13H17ClN4O. The van der Waals surface area contributed by atoms with Crippen molar-refractivity contribution >= 4 is 12.4 Å². The molecule has 0 aromatic carbocycles. The average molecular weight is 281 g/mol. The molecule has 0 bridgehead atoms. The van der Waals surface area contributed by atoms with E-state index in [4.69, 9.17) is 10.3 Å². The van der Waals surface area contributed by atoms with Crippen molar-refractivity contribution in [2.24, 2.45) is 5.73 Å². The van der Waals surface area contributed by atoms with Crippen LogP contribution in [-0.4, -0.2) is 15.1 Å². The van der Waals surface area contributed by atoms with Crippen LogP contribution in [0.5, 0.6) is 0 Å². The average Bonchev–Trinajstić information content (AvgIpc) is 2.84. The van der Waals surface area contributed by atoms with E-state index in [1.54, 1.807) is 12.4 Å². The standard InChI is InChI=1S/C13H16N4O.ClH/c14-13(6-1-7-13)12-16-11(18-17-12)3-2-10-4-8-15-9-5-10;/h4-5,8-9H,1-3,6-7,14H2;1H. The predicted octanol–water partition coefficient (Wildman–Crippen LogP) is 2.01. The lowest BCUT2D eigenvalue weighted by Gasteiger charge is -2.34. The van der Waals surface area contributed by atoms with Crippen molar-refractivity contribution in [1.29, 1.82) is 0 Å². The summed E-state index contributed by atoms with van der Waals surface area (Å²) >= 11 is 0. The first-order chi connectivity index (χ1) is 8.76. The number of hydrogen-bond donors (Lipinski definition) is 1. The van der Waals surface area contributed by atoms with E-state index >= 15 is 0 Å². The number of nitrogens with two attached hydrogens (primary N) is 1. The summed E-state index contributed by atoms with van der Waals surface area (Å²) in [7, 11) is 0. The van der Waals surface area contributed by atoms with E-state index in [1.807, 2.05) is 12.1 Å². The van der Waals surface area contributed by atoms with E-state index in [-0.39, 0.29) is 17.9 Å². The normalized spacial score (nSPS) is 16.5. The fourth-order valence-corrected chi connectivity index (χ4v) is 2.14. The van der Waals surface area contributed by atoms with Crippen LogP contribution in [0.15, 0.2) is 29.0 Å². The number of aromatic nitrogens is 3. The maximum absolute atomic E-state index is 6.15. The highest BCUT2D eigenvalue weighted by Crippen LogP contribution is 2.36. The summed E-state index contributed by atoms with van der Waals surface area (Å²) in [6, 6.07) is 3.99. The molecule has 2 aromatic heterocycles. The second-order valence-electron chi connectivity index (χ2n) is 4.88. The maximum atomic E-state index is 6.15. The van der Waals surface area contributed by atoms with E-state index in [0.717, 1.165) is 32.1 Å². The lowest BCUT2D eigenvalue weighted by atomic mass is 9.77. The van der Waals surface area contributed by atoms with Crippen molar-refractivity contribution < 1.29 is 4.52 Å². The van der Waals surface area contributed by atoms with Crippen molar-refractivity contribution in [3.8, 4) is 0 Å². The molecule has 2 heterocycles. The topological polar surface area (TPSA) is 77.8 Å². The molecule has 5 nitrogen and oxygen atoms in total. The van der Waals surface area contributed by atoms with E-state index in [2.05, 4.69) is 15.1 Å². The number of hydrogen-bond acceptors (Lipinski definition) is 5. The van der Waals surface area contributed by atoms with Gasteiger partial charge in [0.05, 0.1) is 5.54 Å². The van der Waals surface area contributed by atoms with Gasteiger partial charge in [0, 0.05) is 18.8 Å². The van der Waals surface area contributed by atoms with Crippen LogP contribution in [-0.2, 0) is 18.4 Å². The van der Waals surface area contributed by atoms with Crippen molar-refractivity contribution in [2.45, 2.75) is 37.6 Å². The molecule has 3 rings (SSSR count). The molecule has 1 fully saturated rings. The highest BCUT2D eigenvalue weighted by atomic mass is 35.5. The highest BCUT2D eigenvalue weighted by Gasteiger charge is 2.38. The zero-order chi connectivity index (χ0) is 12.4. The number of aryl methyl sites for hydroxylation is 2. The summed E-state index contributed by atoms with van der Waals surface area (Å²) in [6.45, 7) is 0. The minimum Gasteiger partial charge on any atom is -0.339 e. The molecule has 0 atom stereocenters. The van der Waals surface area contributed by atoms with Gasteiger partial charge in [-0.25, -0.2) is 0 Å². The third-order valence-corrected chi connectivity index (χ3v) is 3.54. The molecule has 19 heavy (non-hydrogen) atoms. The van der Waals surface area contributed by atoms with Gasteiger partial charge in [-0.3, -0.25) is 4.98 Å². The van der Waals surface area contributed by atoms with Crippen LogP contribution in [0, 0.1) is 0 Å². The highest BCUT2D eigenvalue weighted by molar-refractivity contribution is 5.85. The molecule has 0 saturated heterocycles. The zero-order valence-corrected chi connectivity index (χ0v) is 11.4. The summed E-state index contributed by atoms with van der Waals surface area (Å²) in [5.41, 5.74) is 7.03. The molecule has 1 aliphatic carbocycles. The molecule has 0 amide bonds. The monoisotopic (exact) mass is 280 g/mol. The quantitative estimate of drug-likeness (QED) is 0.927. The molecule has 2 aromatic rings. The summed E-state index contributed by atoms with van der Waals surface area (Å²) in [5, 5.41) is 4.00. The minimum atomic E-state index is -0.335. The van der Waals surface area contributed by atoms with Crippen LogP contribution in [0.3, 0.4) is 0 Å². The Morgan fingerprint density at radius 3 is 2.58 bits per heavy atom. The Kier molecular flexibility index (Phi) is 4.17. The second-order valence-corrected chi connectivity index (χ2v) is 4.88. The molecule has 2 N–H and O–H groups in total. The Morgan fingerprint density at radius 2 is 1.95 bits per heavy atom. The van der Waals surface area contributed by atoms with Crippen molar-refractivity contribution in [2.75, 3.05) is 0 Å². The smallest absolute Gasteiger partial charge is 0.227 e. The van der Waals surface area contributed by atoms with Crippen LogP contribution in [0.2, 0.25) is 0 Å². The molecule has 1 aliphatic rings. The molecule has 0 spiro atoms. The molecule has 102 valence electrons. The van der Waals surface area contributed by atoms with Crippen molar-refractivity contribution in [1.82, 2.24) is 15.1 Å². The molecule has 0 aliphatic heterocycles. The minimum absolute atomic E-state index is 0. The molecule has 6 heteroatoms. The summed E-state index contributed by atoms with van der Waals surface area (Å²) in [4.78, 5) is 8.39. The van der Waals surface area contributed by atoms with E-state index in [0.29, 0.717) is 11.7 Å². The third kappa shape index (κ3) is 2.93. The van der Waals surface area contributed by atoms with Gasteiger partial charge in [-0.1, -0.05) is 5.16 Å². The van der Waals surface area contributed by atoms with Gasteiger partial charge in [0.15, 0.2) is 5.82 Å². The first-order valence-corrected chi connectivity index (χ1v) is 6.27. The zero-order valence-electron chi connectivity index (χ0n) is 10.6. The second kappa shape index (κ2) is 5.67. The van der Waals surface area contributed by atoms with Gasteiger partial charge >= 0.3 is 0 Å². The van der Waals surface area contributed by atoms with Gasteiger partial charge in [-0.2, -0.15) is 4.98 Å². The Balaban J connectivity index is 0.00000133. The van der Waals surface area contributed by atoms with E-state index < -0.39 is 0 Å². The molecule has 1 saturated carbocycles. The number of nitrogens with zero attached hydrogens (tertiary/aromatic N) is 3. The summed E-state index contributed by atoms with van der Waals surface area (Å²) in [5.74, 6) is 1.33. The molecule has 0 unspecified atom stereocenters. The Morgan fingerprint density at radius 1 is 1.21 bits per heavy atom. The lowest BCUT2D eigenvalue weighted by molar-refractivity contribution is 0.229. The predicted molar refractivity (Wildman–Crippen MR) is 72.9 cm³/mol. The van der Waals surface area contributed by atoms with Gasteiger partial charge in [-0.15, -0.1) is 12.4 Å². The number of halogens is 1. The van der Waals surface area contributed by atoms with E-state index in [1.165, 1.54) is 5.56 Å². The Bertz CT molecular complexity index is 524. The van der Waals surface area contributed by atoms with Gasteiger partial charge in [0.1, 0.15) is 0 Å². The van der Waals surface area contributed by atoms with Crippen LogP contribution in [0.1, 0.15) is 36.5 Å². The van der Waals surface area contributed by atoms with Gasteiger partial charge in [0.25, 0.3) is 0 Å². The first kappa shape index (κ1) is 14.0. The molecular weight excluding hydrogens is 264 g/mol. The summed E-state index contributed by atoms with van der Waals surface area (Å²) < 4.78 is 5.25. The maximum Gasteiger partial charge on any atom is 0.227 e. The van der Waals surface area contributed by atoms with Gasteiger partial charge < -0.3 is 10.3 Å². The first-order valence-electron chi connectivity index (χ1n) is 6.27.